The van der Waals surface area contributed by atoms with Gasteiger partial charge in [-0.25, -0.2) is 9.18 Å². The number of methoxy groups -OCH3 is 1. The van der Waals surface area contributed by atoms with E-state index < -0.39 is 11.9 Å². The number of nitrogens with zero attached hydrogens (tertiary/aromatic N) is 1. The van der Waals surface area contributed by atoms with E-state index in [1.807, 2.05) is 0 Å². The predicted molar refractivity (Wildman–Crippen MR) is 139 cm³/mol. The minimum Gasteiger partial charge on any atom is -0.493 e. The molecular weight excluding hydrogens is 507 g/mol. The normalized spacial score (nSPS) is 14.2. The van der Waals surface area contributed by atoms with Crippen molar-refractivity contribution in [1.82, 2.24) is 0 Å². The summed E-state index contributed by atoms with van der Waals surface area (Å²) in [5.41, 5.74) is 8.12. The van der Waals surface area contributed by atoms with Crippen molar-refractivity contribution in [2.75, 3.05) is 7.11 Å². The van der Waals surface area contributed by atoms with Crippen LogP contribution in [-0.2, 0) is 6.61 Å². The van der Waals surface area contributed by atoms with Gasteiger partial charge >= 0.3 is 5.97 Å². The van der Waals surface area contributed by atoms with Crippen molar-refractivity contribution in [2.24, 2.45) is 5.73 Å². The molecule has 0 saturated carbocycles. The Labute approximate surface area is 222 Å². The molecule has 0 fully saturated rings. The number of fused-ring (bicyclic) bond motifs is 1. The van der Waals surface area contributed by atoms with Crippen molar-refractivity contribution >= 4 is 17.3 Å². The van der Waals surface area contributed by atoms with Gasteiger partial charge in [-0.3, -0.25) is 0 Å². The van der Waals surface area contributed by atoms with E-state index in [0.717, 1.165) is 0 Å². The molecule has 1 atom stereocenters. The van der Waals surface area contributed by atoms with Gasteiger partial charge in [-0.1, -0.05) is 36.4 Å². The SMILES string of the molecule is COc1cc(C2C(C#N)=C(N)Oc3cc(OC(=O)c4cccs4)ccc32)ccc1OCc1ccccc1F. The number of thiophene rings is 1. The smallest absolute Gasteiger partial charge is 0.353 e. The molecule has 1 unspecified atom stereocenters. The Balaban J connectivity index is 1.45. The van der Waals surface area contributed by atoms with Crippen LogP contribution in [0.5, 0.6) is 23.0 Å². The van der Waals surface area contributed by atoms with E-state index in [0.29, 0.717) is 38.8 Å². The maximum absolute atomic E-state index is 14.0. The Hall–Kier alpha value is -4.81. The lowest BCUT2D eigenvalue weighted by Crippen LogP contribution is -2.21. The molecule has 0 aliphatic carbocycles. The average molecular weight is 529 g/mol. The number of carbonyl (C=O) groups excluding carboxylic acids is 1. The monoisotopic (exact) mass is 528 g/mol. The zero-order chi connectivity index (χ0) is 26.6. The number of allylic oxidation sites excluding steroid dienone is 1. The lowest BCUT2D eigenvalue weighted by molar-refractivity contribution is 0.0739. The van der Waals surface area contributed by atoms with E-state index in [9.17, 15) is 14.4 Å². The van der Waals surface area contributed by atoms with Gasteiger partial charge in [0.1, 0.15) is 40.4 Å². The third-order valence-electron chi connectivity index (χ3n) is 5.99. The molecule has 5 rings (SSSR count). The molecule has 3 aromatic carbocycles. The second-order valence-corrected chi connectivity index (χ2v) is 9.23. The summed E-state index contributed by atoms with van der Waals surface area (Å²) in [5.74, 6) is 0.00415. The Morgan fingerprint density at radius 1 is 1.11 bits per heavy atom. The Morgan fingerprint density at radius 3 is 2.68 bits per heavy atom. The van der Waals surface area contributed by atoms with Crippen LogP contribution in [0.25, 0.3) is 0 Å². The van der Waals surface area contributed by atoms with Crippen LogP contribution in [0.15, 0.2) is 89.6 Å². The van der Waals surface area contributed by atoms with E-state index in [1.54, 1.807) is 72.1 Å². The second-order valence-electron chi connectivity index (χ2n) is 8.28. The topological polar surface area (TPSA) is 104 Å². The molecule has 38 heavy (non-hydrogen) atoms. The average Bonchev–Trinajstić information content (AvgIpc) is 3.47. The van der Waals surface area contributed by atoms with Gasteiger partial charge in [-0.15, -0.1) is 11.3 Å². The first-order valence-corrected chi connectivity index (χ1v) is 12.4. The molecule has 0 radical (unpaired) electrons. The number of esters is 1. The first kappa shape index (κ1) is 24.9. The highest BCUT2D eigenvalue weighted by atomic mass is 32.1. The highest BCUT2D eigenvalue weighted by Gasteiger charge is 2.32. The van der Waals surface area contributed by atoms with Crippen LogP contribution >= 0.6 is 11.3 Å². The van der Waals surface area contributed by atoms with Gasteiger partial charge in [0.25, 0.3) is 0 Å². The number of halogens is 1. The van der Waals surface area contributed by atoms with Crippen molar-refractivity contribution in [1.29, 1.82) is 5.26 Å². The third-order valence-corrected chi connectivity index (χ3v) is 6.84. The summed E-state index contributed by atoms with van der Waals surface area (Å²) >= 11 is 1.28. The molecule has 0 bridgehead atoms. The number of carbonyl (C=O) groups is 1. The molecule has 1 aromatic heterocycles. The fourth-order valence-electron chi connectivity index (χ4n) is 4.15. The molecule has 2 heterocycles. The van der Waals surface area contributed by atoms with Gasteiger partial charge in [0, 0.05) is 17.2 Å². The number of benzene rings is 3. The summed E-state index contributed by atoms with van der Waals surface area (Å²) in [6.45, 7) is 0.0196. The Kier molecular flexibility index (Phi) is 6.98. The van der Waals surface area contributed by atoms with E-state index in [4.69, 9.17) is 24.7 Å². The number of nitrogens with two attached hydrogens (primary N) is 1. The summed E-state index contributed by atoms with van der Waals surface area (Å²) in [6.07, 6.45) is 0. The molecule has 0 spiro atoms. The molecule has 0 amide bonds. The summed E-state index contributed by atoms with van der Waals surface area (Å²) < 4.78 is 36.6. The zero-order valence-corrected chi connectivity index (χ0v) is 21.0. The molecular formula is C29H21FN2O5S. The van der Waals surface area contributed by atoms with Gasteiger partial charge in [0.05, 0.1) is 13.0 Å². The van der Waals surface area contributed by atoms with Crippen LogP contribution in [0, 0.1) is 17.1 Å². The standard InChI is InChI=1S/C29H21FN2O5S/c1-34-25-13-17(8-11-23(25)35-16-18-5-2-3-6-22(18)30)27-20-10-9-19(36-29(33)26-7-4-12-38-26)14-24(20)37-28(32)21(27)15-31/h2-14,27H,16,32H2,1H3. The first-order valence-electron chi connectivity index (χ1n) is 11.5. The third kappa shape index (κ3) is 4.90. The minimum atomic E-state index is -0.569. The molecule has 9 heteroatoms. The fourth-order valence-corrected chi connectivity index (χ4v) is 4.75. The highest BCUT2D eigenvalue weighted by molar-refractivity contribution is 7.12. The zero-order valence-electron chi connectivity index (χ0n) is 20.1. The van der Waals surface area contributed by atoms with Crippen molar-refractivity contribution < 1.29 is 28.1 Å². The molecule has 1 aliphatic heterocycles. The molecule has 1 aliphatic rings. The second kappa shape index (κ2) is 10.7. The summed E-state index contributed by atoms with van der Waals surface area (Å²) in [6, 6.07) is 22.1. The van der Waals surface area contributed by atoms with Crippen LogP contribution in [0.1, 0.15) is 32.3 Å². The molecule has 4 aromatic rings. The van der Waals surface area contributed by atoms with Crippen molar-refractivity contribution in [3.8, 4) is 29.1 Å². The number of ether oxygens (including phenoxy) is 4. The van der Waals surface area contributed by atoms with Gasteiger partial charge in [-0.05, 0) is 41.3 Å². The van der Waals surface area contributed by atoms with E-state index >= 15 is 0 Å². The number of rotatable bonds is 7. The summed E-state index contributed by atoms with van der Waals surface area (Å²) in [5, 5.41) is 11.7. The van der Waals surface area contributed by atoms with E-state index in [1.165, 1.54) is 24.5 Å². The van der Waals surface area contributed by atoms with Gasteiger partial charge < -0.3 is 24.7 Å². The lowest BCUT2D eigenvalue weighted by atomic mass is 9.83. The van der Waals surface area contributed by atoms with Gasteiger partial charge in [0.15, 0.2) is 11.5 Å². The van der Waals surface area contributed by atoms with Crippen LogP contribution in [0.4, 0.5) is 4.39 Å². The molecule has 0 saturated heterocycles. The van der Waals surface area contributed by atoms with Crippen LogP contribution < -0.4 is 24.7 Å². The summed E-state index contributed by atoms with van der Waals surface area (Å²) in [7, 11) is 1.50. The number of nitriles is 1. The Morgan fingerprint density at radius 2 is 1.95 bits per heavy atom. The van der Waals surface area contributed by atoms with Gasteiger partial charge in [-0.2, -0.15) is 5.26 Å². The van der Waals surface area contributed by atoms with Crippen LogP contribution in [0.2, 0.25) is 0 Å². The molecule has 7 nitrogen and oxygen atoms in total. The van der Waals surface area contributed by atoms with E-state index in [2.05, 4.69) is 6.07 Å². The molecule has 190 valence electrons. The maximum Gasteiger partial charge on any atom is 0.353 e. The van der Waals surface area contributed by atoms with Crippen molar-refractivity contribution in [3.63, 3.8) is 0 Å². The van der Waals surface area contributed by atoms with E-state index in [-0.39, 0.29) is 29.6 Å². The quantitative estimate of drug-likeness (QED) is 0.235. The number of hydrogen-bond donors (Lipinski definition) is 1. The van der Waals surface area contributed by atoms with Gasteiger partial charge in [0.2, 0.25) is 5.88 Å². The first-order chi connectivity index (χ1) is 18.5. The maximum atomic E-state index is 14.0. The highest BCUT2D eigenvalue weighted by Crippen LogP contribution is 2.45. The van der Waals surface area contributed by atoms with Crippen LogP contribution in [0.3, 0.4) is 0 Å². The fraction of sp³-hybridized carbons (Fsp3) is 0.103. The lowest BCUT2D eigenvalue weighted by Gasteiger charge is -2.27. The Bertz CT molecular complexity index is 1580. The predicted octanol–water partition coefficient (Wildman–Crippen LogP) is 5.91. The largest absolute Gasteiger partial charge is 0.493 e. The summed E-state index contributed by atoms with van der Waals surface area (Å²) in [4.78, 5) is 12.9. The molecule has 2 N–H and O–H groups in total. The minimum absolute atomic E-state index is 0.0196. The number of hydrogen-bond acceptors (Lipinski definition) is 8. The van der Waals surface area contributed by atoms with Crippen molar-refractivity contribution in [3.05, 3.63) is 117 Å². The van der Waals surface area contributed by atoms with Crippen molar-refractivity contribution in [2.45, 2.75) is 12.5 Å². The van der Waals surface area contributed by atoms with Crippen LogP contribution in [-0.4, -0.2) is 13.1 Å².